The molecule has 51 heavy (non-hydrogen) atoms. The van der Waals surface area contributed by atoms with Gasteiger partial charge in [-0.15, -0.1) is 0 Å². The van der Waals surface area contributed by atoms with Crippen molar-refractivity contribution < 1.29 is 17.2 Å². The van der Waals surface area contributed by atoms with Gasteiger partial charge in [-0.1, -0.05) is 105 Å². The normalized spacial score (nSPS) is 14.3. The Hall–Kier alpha value is -3.15. The van der Waals surface area contributed by atoms with Gasteiger partial charge in [0.25, 0.3) is 0 Å². The first-order chi connectivity index (χ1) is 24.1. The van der Waals surface area contributed by atoms with Gasteiger partial charge in [0.05, 0.1) is 0 Å². The summed E-state index contributed by atoms with van der Waals surface area (Å²) in [6.07, 6.45) is 35.3. The number of benzene rings is 1. The molecule has 4 nitrogen and oxygen atoms in total. The molecule has 0 fully saturated rings. The summed E-state index contributed by atoms with van der Waals surface area (Å²) in [6.45, 7) is 20.0. The van der Waals surface area contributed by atoms with E-state index in [9.17, 15) is 8.42 Å². The highest BCUT2D eigenvalue weighted by Crippen LogP contribution is 2.19. The van der Waals surface area contributed by atoms with Gasteiger partial charge >= 0.3 is 10.4 Å². The van der Waals surface area contributed by atoms with Crippen molar-refractivity contribution in [2.24, 2.45) is 0 Å². The summed E-state index contributed by atoms with van der Waals surface area (Å²) in [4.78, 5) is 0. The lowest BCUT2D eigenvalue weighted by Crippen LogP contribution is -2.06. The molecule has 0 radical (unpaired) electrons. The largest absolute Gasteiger partial charge is 0.446 e. The molecule has 0 aliphatic carbocycles. The maximum absolute atomic E-state index is 10.9. The van der Waals surface area contributed by atoms with E-state index in [1.165, 1.54) is 63.5 Å². The van der Waals surface area contributed by atoms with Crippen LogP contribution in [-0.2, 0) is 16.8 Å². The summed E-state index contributed by atoms with van der Waals surface area (Å²) in [7, 11) is -4.51. The maximum atomic E-state index is 10.9. The molecule has 0 spiro atoms. The lowest BCUT2D eigenvalue weighted by Gasteiger charge is -2.05. The zero-order valence-electron chi connectivity index (χ0n) is 33.6. The summed E-state index contributed by atoms with van der Waals surface area (Å²) in [6, 6.07) is 6.77. The van der Waals surface area contributed by atoms with Crippen molar-refractivity contribution >= 4 is 10.4 Å². The molecule has 0 aliphatic heterocycles. The van der Waals surface area contributed by atoms with Crippen LogP contribution in [0.3, 0.4) is 0 Å². The van der Waals surface area contributed by atoms with Gasteiger partial charge in [0.2, 0.25) is 0 Å². The Morgan fingerprint density at radius 2 is 0.824 bits per heavy atom. The Morgan fingerprint density at radius 1 is 0.510 bits per heavy atom. The lowest BCUT2D eigenvalue weighted by atomic mass is 10.0. The van der Waals surface area contributed by atoms with Crippen LogP contribution in [0.25, 0.3) is 0 Å². The summed E-state index contributed by atoms with van der Waals surface area (Å²) >= 11 is 0. The van der Waals surface area contributed by atoms with Gasteiger partial charge in [-0.25, -0.2) is 0 Å². The molecule has 1 rings (SSSR count). The zero-order valence-corrected chi connectivity index (χ0v) is 34.4. The number of hydrogen-bond acceptors (Lipinski definition) is 3. The third kappa shape index (κ3) is 27.2. The molecule has 0 saturated carbocycles. The van der Waals surface area contributed by atoms with Crippen LogP contribution in [0.5, 0.6) is 5.75 Å². The predicted molar refractivity (Wildman–Crippen MR) is 223 cm³/mol. The van der Waals surface area contributed by atoms with E-state index < -0.39 is 10.4 Å². The highest BCUT2D eigenvalue weighted by Gasteiger charge is 2.07. The summed E-state index contributed by atoms with van der Waals surface area (Å²) in [5, 5.41) is 0. The second-order valence-electron chi connectivity index (χ2n) is 14.8. The minimum atomic E-state index is -4.51. The topological polar surface area (TPSA) is 63.6 Å². The van der Waals surface area contributed by atoms with Crippen LogP contribution in [0.15, 0.2) is 117 Å². The fourth-order valence-electron chi connectivity index (χ4n) is 5.72. The minimum absolute atomic E-state index is 0.116. The average Bonchev–Trinajstić information content (AvgIpc) is 3.03. The first-order valence-electron chi connectivity index (χ1n) is 19.1. The highest BCUT2D eigenvalue weighted by atomic mass is 32.3. The molecule has 0 aromatic heterocycles. The van der Waals surface area contributed by atoms with Crippen molar-refractivity contribution in [3.8, 4) is 5.75 Å². The molecule has 5 heteroatoms. The van der Waals surface area contributed by atoms with Gasteiger partial charge in [0.1, 0.15) is 5.75 Å². The molecule has 0 amide bonds. The monoisotopic (exact) mass is 718 g/mol. The third-order valence-corrected chi connectivity index (χ3v) is 9.47. The molecule has 0 unspecified atom stereocenters. The van der Waals surface area contributed by atoms with E-state index >= 15 is 0 Å². The lowest BCUT2D eigenvalue weighted by molar-refractivity contribution is 0.386. The van der Waals surface area contributed by atoms with E-state index in [1.54, 1.807) is 12.1 Å². The second kappa shape index (κ2) is 26.6. The third-order valence-electron chi connectivity index (χ3n) is 9.07. The summed E-state index contributed by atoms with van der Waals surface area (Å²) < 4.78 is 35.3. The zero-order chi connectivity index (χ0) is 38.1. The van der Waals surface area contributed by atoms with Crippen molar-refractivity contribution in [1.29, 1.82) is 0 Å². The van der Waals surface area contributed by atoms with E-state index in [2.05, 4.69) is 115 Å². The fourth-order valence-corrected chi connectivity index (χ4v) is 6.07. The maximum Gasteiger partial charge on any atom is 0.446 e. The van der Waals surface area contributed by atoms with Crippen LogP contribution in [0.2, 0.25) is 0 Å². The molecule has 0 saturated heterocycles. The summed E-state index contributed by atoms with van der Waals surface area (Å²) in [5.41, 5.74) is 12.6. The van der Waals surface area contributed by atoms with E-state index in [0.29, 0.717) is 6.42 Å². The van der Waals surface area contributed by atoms with Crippen molar-refractivity contribution in [2.75, 3.05) is 0 Å². The Bertz CT molecular complexity index is 1540. The van der Waals surface area contributed by atoms with Crippen LogP contribution >= 0.6 is 0 Å². The Balaban J connectivity index is 2.28. The Kier molecular flexibility index (Phi) is 23.9. The van der Waals surface area contributed by atoms with Gasteiger partial charge in [0, 0.05) is 0 Å². The highest BCUT2D eigenvalue weighted by molar-refractivity contribution is 7.81. The van der Waals surface area contributed by atoms with E-state index in [4.69, 9.17) is 4.55 Å². The van der Waals surface area contributed by atoms with E-state index in [-0.39, 0.29) is 5.75 Å². The Morgan fingerprint density at radius 3 is 1.14 bits per heavy atom. The van der Waals surface area contributed by atoms with Gasteiger partial charge in [-0.05, 0) is 176 Å². The molecule has 0 bridgehead atoms. The molecular formula is C46H70O4S. The molecule has 0 aliphatic rings. The smallest absolute Gasteiger partial charge is 0.362 e. The fraction of sp³-hybridized carbons (Fsp3) is 0.522. The van der Waals surface area contributed by atoms with Gasteiger partial charge in [-0.3, -0.25) is 4.55 Å². The SMILES string of the molecule is CC(C)=CCC/C(C)=C/CC/C(C)=C/CC/C(C)=C/CC/C(C)=C/CC/C(C)=C/CC/C(C)=C/CC/C(C)=C/Cc1cccc(OS(=O)(=O)O)c1. The number of rotatable bonds is 25. The second-order valence-corrected chi connectivity index (χ2v) is 15.8. The van der Waals surface area contributed by atoms with Crippen molar-refractivity contribution in [3.63, 3.8) is 0 Å². The molecule has 1 N–H and O–H groups in total. The molecule has 0 atom stereocenters. The molecule has 1 aromatic rings. The molecule has 0 heterocycles. The van der Waals surface area contributed by atoms with E-state index in [1.807, 2.05) is 6.07 Å². The van der Waals surface area contributed by atoms with Crippen molar-refractivity contribution in [1.82, 2.24) is 0 Å². The molecular weight excluding hydrogens is 649 g/mol. The standard InChI is InChI=1S/C46H70O4S/c1-37(2)18-10-19-38(3)20-11-21-39(4)22-12-23-40(5)24-13-25-41(6)26-14-27-42(7)28-15-29-43(8)30-16-31-44(9)34-35-45-32-17-33-46(36-45)50-51(47,48)49/h17-18,20,22,24,26,28,30,32-34,36H,10-16,19,21,23,25,27,29,31,35H2,1-9H3,(H,47,48,49)/b38-20+,39-22+,40-24+,41-26+,42-28+,43-30+,44-34+. The average molecular weight is 719 g/mol. The van der Waals surface area contributed by atoms with Gasteiger partial charge < -0.3 is 4.18 Å². The molecule has 1 aromatic carbocycles. The van der Waals surface area contributed by atoms with E-state index in [0.717, 1.165) is 82.6 Å². The quantitative estimate of drug-likeness (QED) is 0.0807. The predicted octanol–water partition coefficient (Wildman–Crippen LogP) is 14.5. The van der Waals surface area contributed by atoms with Crippen LogP contribution in [0, 0.1) is 0 Å². The van der Waals surface area contributed by atoms with Gasteiger partial charge in [-0.2, -0.15) is 8.42 Å². The number of allylic oxidation sites excluding steroid dienone is 16. The first-order valence-corrected chi connectivity index (χ1v) is 20.5. The van der Waals surface area contributed by atoms with Crippen molar-refractivity contribution in [2.45, 2.75) is 159 Å². The van der Waals surface area contributed by atoms with Crippen LogP contribution < -0.4 is 4.18 Å². The summed E-state index contributed by atoms with van der Waals surface area (Å²) in [5.74, 6) is 0.116. The number of hydrogen-bond donors (Lipinski definition) is 1. The van der Waals surface area contributed by atoms with Gasteiger partial charge in [0.15, 0.2) is 0 Å². The van der Waals surface area contributed by atoms with Crippen LogP contribution in [-0.4, -0.2) is 13.0 Å². The van der Waals surface area contributed by atoms with Crippen molar-refractivity contribution in [3.05, 3.63) is 123 Å². The van der Waals surface area contributed by atoms with Crippen LogP contribution in [0.1, 0.15) is 158 Å². The van der Waals surface area contributed by atoms with Crippen LogP contribution in [0.4, 0.5) is 0 Å². The minimum Gasteiger partial charge on any atom is -0.362 e. The Labute approximate surface area is 313 Å². The molecule has 284 valence electrons. The first kappa shape index (κ1) is 45.9.